The summed E-state index contributed by atoms with van der Waals surface area (Å²) in [7, 11) is -4.05. The minimum atomic E-state index is -4.05. The second-order valence-electron chi connectivity index (χ2n) is 5.34. The van der Waals surface area contributed by atoms with Crippen LogP contribution < -0.4 is 10.0 Å². The molecule has 1 saturated carbocycles. The van der Waals surface area contributed by atoms with Gasteiger partial charge in [-0.3, -0.25) is 0 Å². The molecule has 1 aliphatic carbocycles. The average molecular weight is 304 g/mol. The molecular formula is C13H18F2N2O2S. The second kappa shape index (κ2) is 5.38. The summed E-state index contributed by atoms with van der Waals surface area (Å²) in [5, 5.41) is 2.95. The van der Waals surface area contributed by atoms with Gasteiger partial charge in [0.15, 0.2) is 11.6 Å². The van der Waals surface area contributed by atoms with Crippen molar-refractivity contribution >= 4 is 10.0 Å². The normalized spacial score (nSPS) is 17.2. The fourth-order valence-corrected chi connectivity index (χ4v) is 3.46. The van der Waals surface area contributed by atoms with Gasteiger partial charge in [-0.15, -0.1) is 0 Å². The molecule has 2 N–H and O–H groups in total. The van der Waals surface area contributed by atoms with Crippen LogP contribution in [0.5, 0.6) is 0 Å². The summed E-state index contributed by atoms with van der Waals surface area (Å²) in [6.07, 6.45) is 1.40. The van der Waals surface area contributed by atoms with Crippen LogP contribution in [-0.4, -0.2) is 20.5 Å². The van der Waals surface area contributed by atoms with Crippen molar-refractivity contribution in [2.24, 2.45) is 0 Å². The Morgan fingerprint density at radius 2 is 1.95 bits per heavy atom. The van der Waals surface area contributed by atoms with Gasteiger partial charge < -0.3 is 5.32 Å². The molecule has 1 aromatic rings. The van der Waals surface area contributed by atoms with E-state index >= 15 is 0 Å². The summed E-state index contributed by atoms with van der Waals surface area (Å²) in [5.41, 5.74) is -0.133. The second-order valence-corrected chi connectivity index (χ2v) is 6.99. The molecule has 1 fully saturated rings. The lowest BCUT2D eigenvalue weighted by Gasteiger charge is -2.14. The van der Waals surface area contributed by atoms with E-state index in [1.54, 1.807) is 6.92 Å². The molecule has 2 rings (SSSR count). The predicted octanol–water partition coefficient (Wildman–Crippen LogP) is 1.91. The van der Waals surface area contributed by atoms with E-state index in [4.69, 9.17) is 0 Å². The lowest BCUT2D eigenvalue weighted by molar-refractivity contribution is 0.478. The Morgan fingerprint density at radius 3 is 2.50 bits per heavy atom. The van der Waals surface area contributed by atoms with Gasteiger partial charge in [0.05, 0.1) is 0 Å². The molecule has 20 heavy (non-hydrogen) atoms. The van der Waals surface area contributed by atoms with E-state index in [0.717, 1.165) is 6.07 Å². The zero-order valence-electron chi connectivity index (χ0n) is 11.5. The third-order valence-electron chi connectivity index (χ3n) is 3.30. The predicted molar refractivity (Wildman–Crippen MR) is 71.7 cm³/mol. The molecule has 4 nitrogen and oxygen atoms in total. The van der Waals surface area contributed by atoms with Crippen LogP contribution in [0.15, 0.2) is 17.0 Å². The molecule has 1 aliphatic rings. The molecule has 0 amide bonds. The maximum atomic E-state index is 13.8. The van der Waals surface area contributed by atoms with Gasteiger partial charge >= 0.3 is 0 Å². The van der Waals surface area contributed by atoms with Gasteiger partial charge in [0.2, 0.25) is 10.0 Å². The SMILES string of the molecule is CCNCc1cc(F)c(F)c(S(=O)(=O)NC2(C)CC2)c1. The molecule has 0 aliphatic heterocycles. The van der Waals surface area contributed by atoms with E-state index in [1.807, 2.05) is 6.92 Å². The Morgan fingerprint density at radius 1 is 1.30 bits per heavy atom. The maximum absolute atomic E-state index is 13.8. The molecule has 0 heterocycles. The van der Waals surface area contributed by atoms with E-state index in [0.29, 0.717) is 24.9 Å². The highest BCUT2D eigenvalue weighted by Gasteiger charge is 2.42. The van der Waals surface area contributed by atoms with Gasteiger partial charge in [-0.2, -0.15) is 0 Å². The van der Waals surface area contributed by atoms with Gasteiger partial charge in [-0.25, -0.2) is 21.9 Å². The van der Waals surface area contributed by atoms with Crippen LogP contribution in [0.2, 0.25) is 0 Å². The Bertz CT molecular complexity index is 613. The molecule has 0 unspecified atom stereocenters. The fraction of sp³-hybridized carbons (Fsp3) is 0.538. The van der Waals surface area contributed by atoms with E-state index in [9.17, 15) is 17.2 Å². The van der Waals surface area contributed by atoms with Crippen molar-refractivity contribution in [3.8, 4) is 0 Å². The Kier molecular flexibility index (Phi) is 4.13. The van der Waals surface area contributed by atoms with Crippen molar-refractivity contribution in [2.75, 3.05) is 6.54 Å². The van der Waals surface area contributed by atoms with E-state index < -0.39 is 32.1 Å². The highest BCUT2D eigenvalue weighted by molar-refractivity contribution is 7.89. The van der Waals surface area contributed by atoms with Gasteiger partial charge in [0, 0.05) is 12.1 Å². The van der Waals surface area contributed by atoms with Crippen LogP contribution >= 0.6 is 0 Å². The molecule has 0 atom stereocenters. The molecule has 0 bridgehead atoms. The van der Waals surface area contributed by atoms with Crippen LogP contribution in [0, 0.1) is 11.6 Å². The number of nitrogens with one attached hydrogen (secondary N) is 2. The van der Waals surface area contributed by atoms with Crippen LogP contribution in [-0.2, 0) is 16.6 Å². The highest BCUT2D eigenvalue weighted by Crippen LogP contribution is 2.36. The zero-order valence-corrected chi connectivity index (χ0v) is 12.3. The van der Waals surface area contributed by atoms with Crippen LogP contribution in [0.3, 0.4) is 0 Å². The first-order valence-electron chi connectivity index (χ1n) is 6.50. The minimum absolute atomic E-state index is 0.285. The molecular weight excluding hydrogens is 286 g/mol. The molecule has 7 heteroatoms. The van der Waals surface area contributed by atoms with Crippen LogP contribution in [0.4, 0.5) is 8.78 Å². The van der Waals surface area contributed by atoms with Crippen molar-refractivity contribution in [3.63, 3.8) is 0 Å². The summed E-state index contributed by atoms with van der Waals surface area (Å²) in [5.74, 6) is -2.48. The number of rotatable bonds is 6. The minimum Gasteiger partial charge on any atom is -0.313 e. The van der Waals surface area contributed by atoms with E-state index in [2.05, 4.69) is 10.0 Å². The first-order valence-corrected chi connectivity index (χ1v) is 7.98. The quantitative estimate of drug-likeness (QED) is 0.844. The Balaban J connectivity index is 2.36. The summed E-state index contributed by atoms with van der Waals surface area (Å²) < 4.78 is 54.0. The molecule has 0 saturated heterocycles. The average Bonchev–Trinajstić information content (AvgIpc) is 3.06. The highest BCUT2D eigenvalue weighted by atomic mass is 32.2. The first-order chi connectivity index (χ1) is 9.27. The van der Waals surface area contributed by atoms with Crippen LogP contribution in [0.1, 0.15) is 32.3 Å². The van der Waals surface area contributed by atoms with E-state index in [1.165, 1.54) is 6.07 Å². The smallest absolute Gasteiger partial charge is 0.244 e. The molecule has 1 aromatic carbocycles. The fourth-order valence-electron chi connectivity index (χ4n) is 1.85. The number of halogens is 2. The third kappa shape index (κ3) is 3.34. The monoisotopic (exact) mass is 304 g/mol. The van der Waals surface area contributed by atoms with Gasteiger partial charge in [-0.05, 0) is 44.0 Å². The zero-order chi connectivity index (χ0) is 15.0. The summed E-state index contributed by atoms with van der Waals surface area (Å²) in [4.78, 5) is -0.626. The number of benzene rings is 1. The molecule has 0 aromatic heterocycles. The molecule has 0 spiro atoms. The van der Waals surface area contributed by atoms with Gasteiger partial charge in [0.25, 0.3) is 0 Å². The standard InChI is InChI=1S/C13H18F2N2O2S/c1-3-16-8-9-6-10(14)12(15)11(7-9)20(18,19)17-13(2)4-5-13/h6-7,16-17H,3-5,8H2,1-2H3. The van der Waals surface area contributed by atoms with Crippen molar-refractivity contribution in [2.45, 2.75) is 43.7 Å². The largest absolute Gasteiger partial charge is 0.313 e. The first kappa shape index (κ1) is 15.3. The maximum Gasteiger partial charge on any atom is 0.244 e. The van der Waals surface area contributed by atoms with Crippen molar-refractivity contribution < 1.29 is 17.2 Å². The van der Waals surface area contributed by atoms with Crippen molar-refractivity contribution in [1.82, 2.24) is 10.0 Å². The lowest BCUT2D eigenvalue weighted by Crippen LogP contribution is -2.35. The van der Waals surface area contributed by atoms with Gasteiger partial charge in [0.1, 0.15) is 4.90 Å². The van der Waals surface area contributed by atoms with Crippen molar-refractivity contribution in [3.05, 3.63) is 29.3 Å². The van der Waals surface area contributed by atoms with E-state index in [-0.39, 0.29) is 6.54 Å². The lowest BCUT2D eigenvalue weighted by atomic mass is 10.2. The molecule has 0 radical (unpaired) electrons. The summed E-state index contributed by atoms with van der Waals surface area (Å²) in [6, 6.07) is 2.19. The number of hydrogen-bond donors (Lipinski definition) is 2. The Hall–Kier alpha value is -1.05. The topological polar surface area (TPSA) is 58.2 Å². The number of hydrogen-bond acceptors (Lipinski definition) is 3. The van der Waals surface area contributed by atoms with Crippen molar-refractivity contribution in [1.29, 1.82) is 0 Å². The summed E-state index contributed by atoms with van der Waals surface area (Å²) >= 11 is 0. The summed E-state index contributed by atoms with van der Waals surface area (Å²) in [6.45, 7) is 4.54. The van der Waals surface area contributed by atoms with Crippen LogP contribution in [0.25, 0.3) is 0 Å². The Labute approximate surface area is 117 Å². The molecule has 112 valence electrons. The van der Waals surface area contributed by atoms with Gasteiger partial charge in [-0.1, -0.05) is 6.92 Å². The third-order valence-corrected chi connectivity index (χ3v) is 4.94. The number of sulfonamides is 1.